The second-order valence-corrected chi connectivity index (χ2v) is 18.0. The summed E-state index contributed by atoms with van der Waals surface area (Å²) in [7, 11) is -4.17. The maximum Gasteiger partial charge on any atom is 0.306 e. The number of Topliss-reactive ketones (excluding diaryl/α,β-unsaturated/α-hetero) is 1. The zero-order valence-corrected chi connectivity index (χ0v) is 30.8. The fraction of sp³-hybridized carbons (Fsp3) is 0.550. The van der Waals surface area contributed by atoms with Crippen LogP contribution in [0.5, 0.6) is 0 Å². The standard InChI is InChI=1S/C40H51N3O7S/c1-5-30-22-40(30,38(47)41-24-27-18-19-27)23-35(44)34-25-42(51(48,49)32-17-11-14-29(20-32)28-12-7-6-8-13-28)26-43(34)37(46)33(39(2,3)4)21-36(45)50-31-15-9-10-16-31/h5-8,11-14,17,20,27,30-31,33-34H,1,9-10,15-16,18-19,21-26H2,2-4H3,(H,41,47)/t30-,33-,34+,40-/m1/s1. The second kappa shape index (κ2) is 14.7. The molecule has 2 aromatic rings. The molecule has 1 N–H and O–H groups in total. The van der Waals surface area contributed by atoms with E-state index >= 15 is 0 Å². The zero-order valence-electron chi connectivity index (χ0n) is 30.0. The zero-order chi connectivity index (χ0) is 36.6. The fourth-order valence-electron chi connectivity index (χ4n) is 7.63. The van der Waals surface area contributed by atoms with Crippen molar-refractivity contribution in [2.45, 2.75) is 95.6 Å². The van der Waals surface area contributed by atoms with Crippen molar-refractivity contribution in [3.63, 3.8) is 0 Å². The average Bonchev–Trinajstić information content (AvgIpc) is 3.95. The van der Waals surface area contributed by atoms with E-state index in [1.807, 2.05) is 57.2 Å². The van der Waals surface area contributed by atoms with Crippen LogP contribution in [0, 0.1) is 28.6 Å². The second-order valence-electron chi connectivity index (χ2n) is 16.0. The van der Waals surface area contributed by atoms with Gasteiger partial charge in [-0.1, -0.05) is 69.3 Å². The number of esters is 1. The summed E-state index contributed by atoms with van der Waals surface area (Å²) in [6.45, 7) is 9.40. The van der Waals surface area contributed by atoms with Gasteiger partial charge in [0.05, 0.1) is 29.3 Å². The third-order valence-electron chi connectivity index (χ3n) is 11.2. The molecule has 1 aliphatic heterocycles. The van der Waals surface area contributed by atoms with Gasteiger partial charge in [0.2, 0.25) is 21.8 Å². The summed E-state index contributed by atoms with van der Waals surface area (Å²) in [5.41, 5.74) is -0.115. The molecule has 2 amide bonds. The van der Waals surface area contributed by atoms with Crippen LogP contribution < -0.4 is 5.32 Å². The number of ketones is 1. The highest BCUT2D eigenvalue weighted by molar-refractivity contribution is 7.89. The number of rotatable bonds is 14. The molecule has 10 nitrogen and oxygen atoms in total. The van der Waals surface area contributed by atoms with Gasteiger partial charge in [0, 0.05) is 19.5 Å². The first-order valence-corrected chi connectivity index (χ1v) is 19.8. The van der Waals surface area contributed by atoms with Crippen molar-refractivity contribution in [1.82, 2.24) is 14.5 Å². The number of nitrogens with one attached hydrogen (secondary N) is 1. The number of hydrogen-bond acceptors (Lipinski definition) is 7. The lowest BCUT2D eigenvalue weighted by molar-refractivity contribution is -0.156. The summed E-state index contributed by atoms with van der Waals surface area (Å²) in [6, 6.07) is 14.9. The van der Waals surface area contributed by atoms with Crippen LogP contribution in [0.25, 0.3) is 11.1 Å². The minimum absolute atomic E-state index is 0.0432. The molecular weight excluding hydrogens is 667 g/mol. The van der Waals surface area contributed by atoms with E-state index in [-0.39, 0.29) is 54.7 Å². The Morgan fingerprint density at radius 2 is 1.69 bits per heavy atom. The van der Waals surface area contributed by atoms with Gasteiger partial charge in [-0.15, -0.1) is 6.58 Å². The van der Waals surface area contributed by atoms with E-state index in [1.165, 1.54) is 15.3 Å². The largest absolute Gasteiger partial charge is 0.462 e. The van der Waals surface area contributed by atoms with Gasteiger partial charge in [-0.05, 0) is 85.5 Å². The molecular formula is C40H51N3O7S. The van der Waals surface area contributed by atoms with Crippen molar-refractivity contribution in [1.29, 1.82) is 0 Å². The molecule has 11 heteroatoms. The summed E-state index contributed by atoms with van der Waals surface area (Å²) in [5, 5.41) is 3.03. The number of sulfonamides is 1. The van der Waals surface area contributed by atoms with E-state index < -0.39 is 44.7 Å². The predicted molar refractivity (Wildman–Crippen MR) is 193 cm³/mol. The van der Waals surface area contributed by atoms with E-state index in [0.717, 1.165) is 44.1 Å². The molecule has 4 atom stereocenters. The third kappa shape index (κ3) is 8.14. The minimum atomic E-state index is -4.17. The van der Waals surface area contributed by atoms with Gasteiger partial charge in [-0.2, -0.15) is 4.31 Å². The molecule has 0 aromatic heterocycles. The number of benzene rings is 2. The molecule has 51 heavy (non-hydrogen) atoms. The highest BCUT2D eigenvalue weighted by atomic mass is 32.2. The van der Waals surface area contributed by atoms with Crippen molar-refractivity contribution in [2.24, 2.45) is 28.6 Å². The summed E-state index contributed by atoms with van der Waals surface area (Å²) >= 11 is 0. The lowest BCUT2D eigenvalue weighted by Crippen LogP contribution is -2.49. The highest BCUT2D eigenvalue weighted by Crippen LogP contribution is 2.57. The molecule has 0 unspecified atom stereocenters. The highest BCUT2D eigenvalue weighted by Gasteiger charge is 2.60. The summed E-state index contributed by atoms with van der Waals surface area (Å²) in [4.78, 5) is 57.0. The average molecular weight is 718 g/mol. The SMILES string of the molecule is C=C[C@@H]1C[C@]1(CC(=O)[C@@H]1CN(S(=O)(=O)c2cccc(-c3ccccc3)c2)CN1C(=O)[C@@H](CC(=O)OC1CCCC1)C(C)(C)C)C(=O)NCC1CC1. The van der Waals surface area contributed by atoms with Crippen molar-refractivity contribution in [2.75, 3.05) is 19.8 Å². The first-order valence-electron chi connectivity index (χ1n) is 18.3. The molecule has 274 valence electrons. The molecule has 6 rings (SSSR count). The number of allylic oxidation sites excluding steroid dienone is 1. The number of amides is 2. The lowest BCUT2D eigenvalue weighted by atomic mass is 9.77. The van der Waals surface area contributed by atoms with Gasteiger partial charge < -0.3 is 15.0 Å². The number of carbonyl (C=O) groups is 4. The maximum absolute atomic E-state index is 14.6. The molecule has 2 aromatic carbocycles. The Kier molecular flexibility index (Phi) is 10.6. The van der Waals surface area contributed by atoms with E-state index in [4.69, 9.17) is 4.74 Å². The van der Waals surface area contributed by atoms with Crippen LogP contribution in [-0.4, -0.2) is 73.1 Å². The van der Waals surface area contributed by atoms with Crippen LogP contribution in [0.15, 0.2) is 72.1 Å². The fourth-order valence-corrected chi connectivity index (χ4v) is 9.07. The van der Waals surface area contributed by atoms with E-state index in [0.29, 0.717) is 24.4 Å². The molecule has 3 aliphatic carbocycles. The first-order chi connectivity index (χ1) is 24.2. The predicted octanol–water partition coefficient (Wildman–Crippen LogP) is 5.73. The minimum Gasteiger partial charge on any atom is -0.462 e. The molecule has 1 heterocycles. The molecule has 0 spiro atoms. The molecule has 4 aliphatic rings. The number of carbonyl (C=O) groups excluding carboxylic acids is 4. The van der Waals surface area contributed by atoms with Crippen LogP contribution in [0.1, 0.15) is 78.6 Å². The van der Waals surface area contributed by atoms with Crippen LogP contribution in [0.3, 0.4) is 0 Å². The number of nitrogens with zero attached hydrogens (tertiary/aromatic N) is 2. The normalized spacial score (nSPS) is 24.6. The Hall–Kier alpha value is -3.83. The monoisotopic (exact) mass is 717 g/mol. The van der Waals surface area contributed by atoms with Gasteiger partial charge in [-0.25, -0.2) is 8.42 Å². The summed E-state index contributed by atoms with van der Waals surface area (Å²) < 4.78 is 35.5. The number of ether oxygens (including phenoxy) is 1. The van der Waals surface area contributed by atoms with E-state index in [9.17, 15) is 27.6 Å². The van der Waals surface area contributed by atoms with Crippen molar-refractivity contribution >= 4 is 33.6 Å². The van der Waals surface area contributed by atoms with Crippen LogP contribution >= 0.6 is 0 Å². The topological polar surface area (TPSA) is 130 Å². The summed E-state index contributed by atoms with van der Waals surface area (Å²) in [6.07, 6.45) is 7.37. The molecule has 0 radical (unpaired) electrons. The van der Waals surface area contributed by atoms with E-state index in [2.05, 4.69) is 11.9 Å². The summed E-state index contributed by atoms with van der Waals surface area (Å²) in [5.74, 6) is -2.15. The molecule has 4 fully saturated rings. The van der Waals surface area contributed by atoms with Crippen LogP contribution in [0.4, 0.5) is 0 Å². The maximum atomic E-state index is 14.6. The molecule has 0 bridgehead atoms. The van der Waals surface area contributed by atoms with Crippen molar-refractivity contribution in [3.05, 3.63) is 67.3 Å². The Bertz CT molecular complexity index is 1760. The Balaban J connectivity index is 1.29. The molecule has 1 saturated heterocycles. The quantitative estimate of drug-likeness (QED) is 0.195. The first kappa shape index (κ1) is 36.9. The number of hydrogen-bond donors (Lipinski definition) is 1. The lowest BCUT2D eigenvalue weighted by Gasteiger charge is -2.34. The van der Waals surface area contributed by atoms with Gasteiger partial charge in [-0.3, -0.25) is 19.2 Å². The van der Waals surface area contributed by atoms with Crippen LogP contribution in [-0.2, 0) is 33.9 Å². The Morgan fingerprint density at radius 3 is 2.31 bits per heavy atom. The van der Waals surface area contributed by atoms with Gasteiger partial charge in [0.15, 0.2) is 5.78 Å². The van der Waals surface area contributed by atoms with E-state index in [1.54, 1.807) is 18.2 Å². The van der Waals surface area contributed by atoms with Crippen molar-refractivity contribution < 1.29 is 32.3 Å². The van der Waals surface area contributed by atoms with Gasteiger partial charge in [0.1, 0.15) is 12.1 Å². The van der Waals surface area contributed by atoms with Crippen LogP contribution in [0.2, 0.25) is 0 Å². The Morgan fingerprint density at radius 1 is 1.00 bits per heavy atom. The van der Waals surface area contributed by atoms with Gasteiger partial charge >= 0.3 is 5.97 Å². The molecule has 3 saturated carbocycles. The Labute approximate surface area is 302 Å². The smallest absolute Gasteiger partial charge is 0.306 e. The van der Waals surface area contributed by atoms with Gasteiger partial charge in [0.25, 0.3) is 0 Å². The van der Waals surface area contributed by atoms with Crippen molar-refractivity contribution in [3.8, 4) is 11.1 Å². The third-order valence-corrected chi connectivity index (χ3v) is 13.0.